The summed E-state index contributed by atoms with van der Waals surface area (Å²) >= 11 is 0. The first-order valence-electron chi connectivity index (χ1n) is 4.48. The average Bonchev–Trinajstić information content (AvgIpc) is 2.13. The Balaban J connectivity index is 3.71. The van der Waals surface area contributed by atoms with E-state index in [2.05, 4.69) is 0 Å². The van der Waals surface area contributed by atoms with Crippen LogP contribution in [0.4, 0.5) is 0 Å². The van der Waals surface area contributed by atoms with Crippen LogP contribution in [0.1, 0.15) is 20.3 Å². The molecule has 0 aliphatic rings. The van der Waals surface area contributed by atoms with Crippen LogP contribution in [0, 0.1) is 5.92 Å². The lowest BCUT2D eigenvalue weighted by Crippen LogP contribution is -2.20. The zero-order valence-electron chi connectivity index (χ0n) is 8.54. The number of ether oxygens (including phenoxy) is 1. The predicted octanol–water partition coefficient (Wildman–Crippen LogP) is 0.997. The Morgan fingerprint density at radius 2 is 2.15 bits per heavy atom. The van der Waals surface area contributed by atoms with Crippen molar-refractivity contribution in [2.45, 2.75) is 20.3 Å². The van der Waals surface area contributed by atoms with E-state index in [9.17, 15) is 9.00 Å². The van der Waals surface area contributed by atoms with E-state index in [4.69, 9.17) is 4.74 Å². The number of carbonyl (C=O) groups excluding carboxylic acids is 1. The molecule has 0 heterocycles. The molecule has 3 nitrogen and oxygen atoms in total. The molecule has 0 fully saturated rings. The molecular weight excluding hydrogens is 188 g/mol. The maximum Gasteiger partial charge on any atom is 0.148 e. The molecule has 4 heteroatoms. The van der Waals surface area contributed by atoms with Crippen molar-refractivity contribution in [3.8, 4) is 0 Å². The molecule has 0 saturated carbocycles. The van der Waals surface area contributed by atoms with Gasteiger partial charge in [0.15, 0.2) is 0 Å². The number of rotatable bonds is 7. The molecule has 0 aromatic heterocycles. The van der Waals surface area contributed by atoms with E-state index in [1.807, 2.05) is 13.8 Å². The van der Waals surface area contributed by atoms with Gasteiger partial charge in [0.2, 0.25) is 0 Å². The lowest BCUT2D eigenvalue weighted by molar-refractivity contribution is -0.119. The van der Waals surface area contributed by atoms with Crippen molar-refractivity contribution in [3.05, 3.63) is 0 Å². The summed E-state index contributed by atoms with van der Waals surface area (Å²) in [6, 6.07) is 0. The molecule has 0 aliphatic heterocycles. The number of methoxy groups -OCH3 is 1. The Morgan fingerprint density at radius 3 is 2.62 bits per heavy atom. The molecule has 0 aliphatic carbocycles. The third-order valence-corrected chi connectivity index (χ3v) is 3.21. The van der Waals surface area contributed by atoms with Gasteiger partial charge in [0, 0.05) is 29.6 Å². The third-order valence-electron chi connectivity index (χ3n) is 1.98. The Morgan fingerprint density at radius 1 is 1.54 bits per heavy atom. The van der Waals surface area contributed by atoms with Crippen molar-refractivity contribution in [1.29, 1.82) is 0 Å². The van der Waals surface area contributed by atoms with Crippen LogP contribution in [0.15, 0.2) is 0 Å². The van der Waals surface area contributed by atoms with Gasteiger partial charge in [0.05, 0.1) is 12.4 Å². The van der Waals surface area contributed by atoms with Crippen LogP contribution in [-0.2, 0) is 20.3 Å². The van der Waals surface area contributed by atoms with Crippen molar-refractivity contribution in [1.82, 2.24) is 0 Å². The van der Waals surface area contributed by atoms with E-state index in [1.54, 1.807) is 7.11 Å². The van der Waals surface area contributed by atoms with Crippen molar-refractivity contribution in [3.63, 3.8) is 0 Å². The smallest absolute Gasteiger partial charge is 0.148 e. The summed E-state index contributed by atoms with van der Waals surface area (Å²) in [5.74, 6) is 0.764. The SMILES string of the molecule is CCC(C)C(=O)CS(=O)CCOC. The van der Waals surface area contributed by atoms with Crippen molar-refractivity contribution < 1.29 is 13.7 Å². The van der Waals surface area contributed by atoms with Crippen LogP contribution >= 0.6 is 0 Å². The molecule has 0 bridgehead atoms. The number of Topliss-reactive ketones (excluding diaryl/α,β-unsaturated/α-hetero) is 1. The molecule has 2 atom stereocenters. The zero-order chi connectivity index (χ0) is 10.3. The molecule has 0 N–H and O–H groups in total. The van der Waals surface area contributed by atoms with Gasteiger partial charge < -0.3 is 4.74 Å². The van der Waals surface area contributed by atoms with Crippen LogP contribution in [0.2, 0.25) is 0 Å². The quantitative estimate of drug-likeness (QED) is 0.624. The molecule has 0 rings (SSSR count). The molecule has 0 aromatic carbocycles. The van der Waals surface area contributed by atoms with E-state index in [0.717, 1.165) is 6.42 Å². The molecule has 0 saturated heterocycles. The van der Waals surface area contributed by atoms with Gasteiger partial charge in [-0.25, -0.2) is 0 Å². The summed E-state index contributed by atoms with van der Waals surface area (Å²) in [4.78, 5) is 11.3. The van der Waals surface area contributed by atoms with Crippen LogP contribution < -0.4 is 0 Å². The van der Waals surface area contributed by atoms with Gasteiger partial charge in [0.25, 0.3) is 0 Å². The summed E-state index contributed by atoms with van der Waals surface area (Å²) in [6.07, 6.45) is 0.820. The molecular formula is C9H18O3S. The van der Waals surface area contributed by atoms with Gasteiger partial charge in [-0.1, -0.05) is 13.8 Å². The van der Waals surface area contributed by atoms with E-state index < -0.39 is 10.8 Å². The number of ketones is 1. The predicted molar refractivity (Wildman–Crippen MR) is 54.2 cm³/mol. The lowest BCUT2D eigenvalue weighted by atomic mass is 10.1. The molecule has 0 radical (unpaired) electrons. The first-order chi connectivity index (χ1) is 6.11. The minimum atomic E-state index is -1.05. The standard InChI is InChI=1S/C9H18O3S/c1-4-8(2)9(10)7-13(11)6-5-12-3/h8H,4-7H2,1-3H3. The van der Waals surface area contributed by atoms with E-state index in [-0.39, 0.29) is 17.5 Å². The normalized spacial score (nSPS) is 15.3. The highest BCUT2D eigenvalue weighted by atomic mass is 32.2. The fourth-order valence-corrected chi connectivity index (χ4v) is 1.88. The first kappa shape index (κ1) is 12.8. The summed E-state index contributed by atoms with van der Waals surface area (Å²) < 4.78 is 16.0. The largest absolute Gasteiger partial charge is 0.384 e. The fourth-order valence-electron chi connectivity index (χ4n) is 0.777. The monoisotopic (exact) mass is 206 g/mol. The molecule has 78 valence electrons. The number of hydrogen-bond donors (Lipinski definition) is 0. The topological polar surface area (TPSA) is 43.4 Å². The Labute approximate surface area is 82.3 Å². The zero-order valence-corrected chi connectivity index (χ0v) is 9.36. The van der Waals surface area contributed by atoms with Gasteiger partial charge in [-0.2, -0.15) is 0 Å². The summed E-state index contributed by atoms with van der Waals surface area (Å²) in [5, 5.41) is 0. The highest BCUT2D eigenvalue weighted by molar-refractivity contribution is 7.85. The minimum absolute atomic E-state index is 0.0338. The van der Waals surface area contributed by atoms with E-state index >= 15 is 0 Å². The highest BCUT2D eigenvalue weighted by Crippen LogP contribution is 2.03. The average molecular weight is 206 g/mol. The Kier molecular flexibility index (Phi) is 7.09. The van der Waals surface area contributed by atoms with Crippen molar-refractivity contribution in [2.75, 3.05) is 25.2 Å². The minimum Gasteiger partial charge on any atom is -0.384 e. The summed E-state index contributed by atoms with van der Waals surface area (Å²) in [7, 11) is 0.516. The van der Waals surface area contributed by atoms with E-state index in [1.165, 1.54) is 0 Å². The second-order valence-corrected chi connectivity index (χ2v) is 4.63. The van der Waals surface area contributed by atoms with Crippen LogP contribution in [0.3, 0.4) is 0 Å². The second-order valence-electron chi connectivity index (χ2n) is 3.06. The van der Waals surface area contributed by atoms with E-state index in [0.29, 0.717) is 12.4 Å². The number of hydrogen-bond acceptors (Lipinski definition) is 3. The maximum atomic E-state index is 11.3. The summed E-state index contributed by atoms with van der Waals surface area (Å²) in [6.45, 7) is 4.29. The fraction of sp³-hybridized carbons (Fsp3) is 0.889. The second kappa shape index (κ2) is 7.21. The summed E-state index contributed by atoms with van der Waals surface area (Å²) in [5.41, 5.74) is 0. The molecule has 13 heavy (non-hydrogen) atoms. The highest BCUT2D eigenvalue weighted by Gasteiger charge is 2.13. The van der Waals surface area contributed by atoms with Crippen LogP contribution in [0.5, 0.6) is 0 Å². The lowest BCUT2D eigenvalue weighted by Gasteiger charge is -2.06. The van der Waals surface area contributed by atoms with Gasteiger partial charge >= 0.3 is 0 Å². The Bertz CT molecular complexity index is 180. The molecule has 0 spiro atoms. The number of carbonyl (C=O) groups is 1. The van der Waals surface area contributed by atoms with Crippen molar-refractivity contribution in [2.24, 2.45) is 5.92 Å². The molecule has 0 amide bonds. The van der Waals surface area contributed by atoms with Gasteiger partial charge in [-0.05, 0) is 6.42 Å². The molecule has 2 unspecified atom stereocenters. The first-order valence-corrected chi connectivity index (χ1v) is 5.97. The Hall–Kier alpha value is -0.220. The maximum absolute atomic E-state index is 11.3. The third kappa shape index (κ3) is 5.93. The van der Waals surface area contributed by atoms with Gasteiger partial charge in [0.1, 0.15) is 5.78 Å². The van der Waals surface area contributed by atoms with Gasteiger partial charge in [-0.3, -0.25) is 9.00 Å². The van der Waals surface area contributed by atoms with Crippen LogP contribution in [-0.4, -0.2) is 35.2 Å². The van der Waals surface area contributed by atoms with Crippen molar-refractivity contribution >= 4 is 16.6 Å². The van der Waals surface area contributed by atoms with Crippen LogP contribution in [0.25, 0.3) is 0 Å². The molecule has 0 aromatic rings. The van der Waals surface area contributed by atoms with Gasteiger partial charge in [-0.15, -0.1) is 0 Å².